The smallest absolute Gasteiger partial charge is 0.229 e. The summed E-state index contributed by atoms with van der Waals surface area (Å²) >= 11 is 0. The second-order valence-electron chi connectivity index (χ2n) is 6.38. The van der Waals surface area contributed by atoms with Crippen molar-refractivity contribution in [3.63, 3.8) is 0 Å². The molecular weight excluding hydrogens is 288 g/mol. The number of carbonyl (C=O) groups excluding carboxylic acids is 2. The van der Waals surface area contributed by atoms with E-state index in [-0.39, 0.29) is 17.7 Å². The second-order valence-corrected chi connectivity index (χ2v) is 6.38. The summed E-state index contributed by atoms with van der Waals surface area (Å²) < 4.78 is 0. The van der Waals surface area contributed by atoms with Crippen LogP contribution in [0.2, 0.25) is 0 Å². The molecule has 0 radical (unpaired) electrons. The monoisotopic (exact) mass is 316 g/mol. The van der Waals surface area contributed by atoms with Crippen molar-refractivity contribution < 1.29 is 9.59 Å². The third-order valence-corrected chi connectivity index (χ3v) is 4.41. The van der Waals surface area contributed by atoms with Crippen LogP contribution >= 0.6 is 0 Å². The molecule has 1 aromatic rings. The molecular formula is C19H28N2O2. The molecule has 1 atom stereocenters. The molecule has 1 N–H and O–H groups in total. The molecule has 1 aliphatic heterocycles. The first-order chi connectivity index (χ1) is 11.1. The topological polar surface area (TPSA) is 49.4 Å². The average molecular weight is 316 g/mol. The van der Waals surface area contributed by atoms with Crippen molar-refractivity contribution in [2.24, 2.45) is 5.92 Å². The van der Waals surface area contributed by atoms with Gasteiger partial charge in [-0.3, -0.25) is 9.59 Å². The molecule has 4 nitrogen and oxygen atoms in total. The third-order valence-electron chi connectivity index (χ3n) is 4.41. The van der Waals surface area contributed by atoms with Gasteiger partial charge in [-0.15, -0.1) is 0 Å². The lowest BCUT2D eigenvalue weighted by Crippen LogP contribution is -2.29. The van der Waals surface area contributed by atoms with Crippen LogP contribution in [0.1, 0.15) is 51.5 Å². The molecule has 0 spiro atoms. The van der Waals surface area contributed by atoms with E-state index in [1.54, 1.807) is 0 Å². The van der Waals surface area contributed by atoms with Crippen LogP contribution in [0.25, 0.3) is 0 Å². The Morgan fingerprint density at radius 1 is 1.17 bits per heavy atom. The average Bonchev–Trinajstić information content (AvgIpc) is 2.93. The SMILES string of the molecule is CCCCc1ccc(NC(=O)C2CC(=O)N(CCCC)C2)cc1. The Morgan fingerprint density at radius 2 is 1.87 bits per heavy atom. The van der Waals surface area contributed by atoms with E-state index in [1.165, 1.54) is 18.4 Å². The summed E-state index contributed by atoms with van der Waals surface area (Å²) in [4.78, 5) is 26.1. The van der Waals surface area contributed by atoms with Crippen molar-refractivity contribution in [1.82, 2.24) is 4.90 Å². The molecule has 0 saturated carbocycles. The Kier molecular flexibility index (Phi) is 6.63. The van der Waals surface area contributed by atoms with Gasteiger partial charge in [-0.25, -0.2) is 0 Å². The molecule has 126 valence electrons. The number of nitrogens with zero attached hydrogens (tertiary/aromatic N) is 1. The number of benzene rings is 1. The van der Waals surface area contributed by atoms with Gasteiger partial charge in [0.1, 0.15) is 0 Å². The van der Waals surface area contributed by atoms with E-state index in [1.807, 2.05) is 17.0 Å². The number of unbranched alkanes of at least 4 members (excludes halogenated alkanes) is 2. The van der Waals surface area contributed by atoms with Gasteiger partial charge in [0.15, 0.2) is 0 Å². The van der Waals surface area contributed by atoms with Crippen molar-refractivity contribution in [1.29, 1.82) is 0 Å². The van der Waals surface area contributed by atoms with E-state index in [0.717, 1.165) is 31.5 Å². The van der Waals surface area contributed by atoms with E-state index < -0.39 is 0 Å². The first-order valence-electron chi connectivity index (χ1n) is 8.81. The highest BCUT2D eigenvalue weighted by atomic mass is 16.2. The van der Waals surface area contributed by atoms with Crippen LogP contribution in [-0.2, 0) is 16.0 Å². The van der Waals surface area contributed by atoms with Gasteiger partial charge < -0.3 is 10.2 Å². The van der Waals surface area contributed by atoms with E-state index in [2.05, 4.69) is 31.3 Å². The highest BCUT2D eigenvalue weighted by Gasteiger charge is 2.33. The number of hydrogen-bond acceptors (Lipinski definition) is 2. The van der Waals surface area contributed by atoms with E-state index in [0.29, 0.717) is 13.0 Å². The zero-order valence-electron chi connectivity index (χ0n) is 14.3. The highest BCUT2D eigenvalue weighted by Crippen LogP contribution is 2.21. The Bertz CT molecular complexity index is 525. The minimum absolute atomic E-state index is 0.0429. The van der Waals surface area contributed by atoms with Gasteiger partial charge in [0.05, 0.1) is 5.92 Å². The summed E-state index contributed by atoms with van der Waals surface area (Å²) in [5.74, 6) is -0.161. The van der Waals surface area contributed by atoms with Gasteiger partial charge in [-0.1, -0.05) is 38.8 Å². The quantitative estimate of drug-likeness (QED) is 0.796. The summed E-state index contributed by atoms with van der Waals surface area (Å²) in [5, 5.41) is 2.95. The van der Waals surface area contributed by atoms with Gasteiger partial charge in [0, 0.05) is 25.2 Å². The first kappa shape index (κ1) is 17.5. The lowest BCUT2D eigenvalue weighted by Gasteiger charge is -2.16. The van der Waals surface area contributed by atoms with Gasteiger partial charge >= 0.3 is 0 Å². The standard InChI is InChI=1S/C19H28N2O2/c1-3-5-7-15-8-10-17(11-9-15)20-19(23)16-13-18(22)21(14-16)12-6-4-2/h8-11,16H,3-7,12-14H2,1-2H3,(H,20,23). The lowest BCUT2D eigenvalue weighted by atomic mass is 10.1. The van der Waals surface area contributed by atoms with Crippen molar-refractivity contribution in [3.8, 4) is 0 Å². The van der Waals surface area contributed by atoms with Crippen LogP contribution in [0.3, 0.4) is 0 Å². The molecule has 1 aromatic carbocycles. The molecule has 2 rings (SSSR count). The highest BCUT2D eigenvalue weighted by molar-refractivity contribution is 5.97. The number of nitrogens with one attached hydrogen (secondary N) is 1. The van der Waals surface area contributed by atoms with Crippen LogP contribution in [-0.4, -0.2) is 29.8 Å². The fourth-order valence-electron chi connectivity index (χ4n) is 2.89. The molecule has 0 aliphatic carbocycles. The van der Waals surface area contributed by atoms with E-state index in [4.69, 9.17) is 0 Å². The Balaban J connectivity index is 1.86. The van der Waals surface area contributed by atoms with Crippen LogP contribution in [0.15, 0.2) is 24.3 Å². The van der Waals surface area contributed by atoms with Crippen molar-refractivity contribution in [3.05, 3.63) is 29.8 Å². The molecule has 0 bridgehead atoms. The van der Waals surface area contributed by atoms with Gasteiger partial charge in [0.25, 0.3) is 0 Å². The van der Waals surface area contributed by atoms with Crippen molar-refractivity contribution >= 4 is 17.5 Å². The zero-order valence-corrected chi connectivity index (χ0v) is 14.3. The molecule has 2 amide bonds. The van der Waals surface area contributed by atoms with Crippen LogP contribution < -0.4 is 5.32 Å². The van der Waals surface area contributed by atoms with Crippen molar-refractivity contribution in [2.75, 3.05) is 18.4 Å². The maximum absolute atomic E-state index is 12.3. The number of carbonyl (C=O) groups is 2. The fourth-order valence-corrected chi connectivity index (χ4v) is 2.89. The number of aryl methyl sites for hydroxylation is 1. The predicted octanol–water partition coefficient (Wildman–Crippen LogP) is 3.62. The van der Waals surface area contributed by atoms with E-state index >= 15 is 0 Å². The Labute approximate surface area is 139 Å². The van der Waals surface area contributed by atoms with E-state index in [9.17, 15) is 9.59 Å². The number of rotatable bonds is 8. The van der Waals surface area contributed by atoms with Crippen LogP contribution in [0, 0.1) is 5.92 Å². The largest absolute Gasteiger partial charge is 0.342 e. The molecule has 1 heterocycles. The minimum Gasteiger partial charge on any atom is -0.342 e. The molecule has 1 fully saturated rings. The predicted molar refractivity (Wildman–Crippen MR) is 93.3 cm³/mol. The molecule has 1 aliphatic rings. The molecule has 4 heteroatoms. The number of likely N-dealkylation sites (tertiary alicyclic amines) is 1. The Hall–Kier alpha value is -1.84. The summed E-state index contributed by atoms with van der Waals surface area (Å²) in [5.41, 5.74) is 2.11. The van der Waals surface area contributed by atoms with Gasteiger partial charge in [-0.2, -0.15) is 0 Å². The summed E-state index contributed by atoms with van der Waals surface area (Å²) in [6, 6.07) is 8.04. The first-order valence-corrected chi connectivity index (χ1v) is 8.81. The number of hydrogen-bond donors (Lipinski definition) is 1. The lowest BCUT2D eigenvalue weighted by molar-refractivity contribution is -0.128. The fraction of sp³-hybridized carbons (Fsp3) is 0.579. The number of anilines is 1. The molecule has 1 saturated heterocycles. The van der Waals surface area contributed by atoms with Crippen molar-refractivity contribution in [2.45, 2.75) is 52.4 Å². The van der Waals surface area contributed by atoms with Gasteiger partial charge in [0.2, 0.25) is 11.8 Å². The Morgan fingerprint density at radius 3 is 2.52 bits per heavy atom. The molecule has 0 aromatic heterocycles. The minimum atomic E-state index is -0.223. The molecule has 23 heavy (non-hydrogen) atoms. The summed E-state index contributed by atoms with van der Waals surface area (Å²) in [7, 11) is 0. The summed E-state index contributed by atoms with van der Waals surface area (Å²) in [6.07, 6.45) is 5.84. The normalized spacial score (nSPS) is 17.6. The maximum Gasteiger partial charge on any atom is 0.229 e. The second kappa shape index (κ2) is 8.70. The van der Waals surface area contributed by atoms with Gasteiger partial charge in [-0.05, 0) is 37.0 Å². The number of amides is 2. The third kappa shape index (κ3) is 5.08. The maximum atomic E-state index is 12.3. The van der Waals surface area contributed by atoms with Crippen LogP contribution in [0.5, 0.6) is 0 Å². The summed E-state index contributed by atoms with van der Waals surface area (Å²) in [6.45, 7) is 5.61. The van der Waals surface area contributed by atoms with Crippen LogP contribution in [0.4, 0.5) is 5.69 Å². The molecule has 1 unspecified atom stereocenters. The zero-order chi connectivity index (χ0) is 16.7.